The summed E-state index contributed by atoms with van der Waals surface area (Å²) in [5, 5.41) is 15.9. The highest BCUT2D eigenvalue weighted by Crippen LogP contribution is 2.30. The summed E-state index contributed by atoms with van der Waals surface area (Å²) in [5.41, 5.74) is 5.93. The maximum atomic E-state index is 13.4. The number of pyridine rings is 1. The Morgan fingerprint density at radius 3 is 2.55 bits per heavy atom. The molecule has 4 N–H and O–H groups in total. The Labute approximate surface area is 194 Å². The summed E-state index contributed by atoms with van der Waals surface area (Å²) >= 11 is 0. The lowest BCUT2D eigenvalue weighted by Crippen LogP contribution is -2.35. The highest BCUT2D eigenvalue weighted by molar-refractivity contribution is 6.02. The van der Waals surface area contributed by atoms with Crippen LogP contribution in [0.15, 0.2) is 28.1 Å². The number of unbranched alkanes of at least 4 members (excludes halogenated alkanes) is 1. The zero-order valence-corrected chi connectivity index (χ0v) is 20.4. The van der Waals surface area contributed by atoms with Gasteiger partial charge in [0.15, 0.2) is 5.84 Å². The number of hydrogen-bond donors (Lipinski definition) is 3. The van der Waals surface area contributed by atoms with Crippen LogP contribution < -0.4 is 21.3 Å². The summed E-state index contributed by atoms with van der Waals surface area (Å²) in [4.78, 5) is 25.8. The molecule has 0 saturated heterocycles. The van der Waals surface area contributed by atoms with E-state index in [1.165, 1.54) is 0 Å². The fourth-order valence-electron chi connectivity index (χ4n) is 3.37. The second-order valence-electron chi connectivity index (χ2n) is 9.39. The minimum absolute atomic E-state index is 0.0437. The Morgan fingerprint density at radius 2 is 1.97 bits per heavy atom. The topological polar surface area (TPSA) is 128 Å². The molecule has 2 aromatic rings. The molecule has 0 saturated carbocycles. The molecule has 0 spiro atoms. The molecule has 0 fully saturated rings. The zero-order chi connectivity index (χ0) is 24.8. The Bertz CT molecular complexity index is 1070. The van der Waals surface area contributed by atoms with Gasteiger partial charge in [-0.15, -0.1) is 0 Å². The fourth-order valence-corrected chi connectivity index (χ4v) is 3.37. The molecule has 9 heteroatoms. The molecule has 33 heavy (non-hydrogen) atoms. The Kier molecular flexibility index (Phi) is 8.73. The molecule has 2 rings (SSSR count). The molecular weight excluding hydrogens is 424 g/mol. The zero-order valence-electron chi connectivity index (χ0n) is 20.4. The molecule has 0 unspecified atom stereocenters. The summed E-state index contributed by atoms with van der Waals surface area (Å²) < 4.78 is 13.2. The number of carbonyl (C=O) groups excluding carboxylic acids is 1. The molecule has 1 amide bonds. The van der Waals surface area contributed by atoms with Crippen molar-refractivity contribution in [3.8, 4) is 5.75 Å². The first kappa shape index (κ1) is 26.0. The maximum Gasteiger partial charge on any atom is 0.407 e. The number of nitrogens with zero attached hydrogens (tertiary/aromatic N) is 2. The highest BCUT2D eigenvalue weighted by atomic mass is 16.6. The standard InChI is InChI=1S/C24H36N4O5/c1-7-8-11-32-20-18-12-16(21(25)27-31)9-10-17(18)22(29)28(14-15(2)3)19(20)13-26-23(30)33-24(4,5)6/h9-10,12,15,31H,7-8,11,13-14H2,1-6H3,(H2,25,27)(H,26,30). The normalized spacial score (nSPS) is 12.3. The van der Waals surface area contributed by atoms with Gasteiger partial charge in [-0.05, 0) is 45.2 Å². The lowest BCUT2D eigenvalue weighted by Gasteiger charge is -2.23. The summed E-state index contributed by atoms with van der Waals surface area (Å²) in [5.74, 6) is 0.596. The van der Waals surface area contributed by atoms with Gasteiger partial charge in [0.1, 0.15) is 11.4 Å². The van der Waals surface area contributed by atoms with Gasteiger partial charge < -0.3 is 30.3 Å². The van der Waals surface area contributed by atoms with Crippen molar-refractivity contribution in [2.45, 2.75) is 73.1 Å². The van der Waals surface area contributed by atoms with E-state index in [-0.39, 0.29) is 23.9 Å². The first-order chi connectivity index (χ1) is 15.5. The highest BCUT2D eigenvalue weighted by Gasteiger charge is 2.22. The molecule has 1 heterocycles. The van der Waals surface area contributed by atoms with E-state index in [4.69, 9.17) is 20.4 Å². The number of oxime groups is 1. The summed E-state index contributed by atoms with van der Waals surface area (Å²) in [7, 11) is 0. The molecular formula is C24H36N4O5. The van der Waals surface area contributed by atoms with Gasteiger partial charge in [-0.25, -0.2) is 4.79 Å². The number of amidine groups is 1. The van der Waals surface area contributed by atoms with Crippen molar-refractivity contribution in [3.63, 3.8) is 0 Å². The van der Waals surface area contributed by atoms with Gasteiger partial charge in [0.25, 0.3) is 5.56 Å². The van der Waals surface area contributed by atoms with Crippen LogP contribution in [-0.2, 0) is 17.8 Å². The van der Waals surface area contributed by atoms with Crippen LogP contribution in [0.4, 0.5) is 4.79 Å². The number of aromatic nitrogens is 1. The van der Waals surface area contributed by atoms with Crippen molar-refractivity contribution in [2.75, 3.05) is 6.61 Å². The second-order valence-corrected chi connectivity index (χ2v) is 9.39. The van der Waals surface area contributed by atoms with Gasteiger partial charge >= 0.3 is 6.09 Å². The molecule has 1 aromatic heterocycles. The number of alkyl carbamates (subject to hydrolysis) is 1. The largest absolute Gasteiger partial charge is 0.491 e. The molecule has 0 radical (unpaired) electrons. The molecule has 182 valence electrons. The minimum atomic E-state index is -0.651. The third-order valence-electron chi connectivity index (χ3n) is 4.82. The van der Waals surface area contributed by atoms with E-state index >= 15 is 0 Å². The van der Waals surface area contributed by atoms with Crippen molar-refractivity contribution in [1.82, 2.24) is 9.88 Å². The number of carbonyl (C=O) groups is 1. The number of rotatable bonds is 9. The number of nitrogens with one attached hydrogen (secondary N) is 1. The first-order valence-corrected chi connectivity index (χ1v) is 11.3. The quantitative estimate of drug-likeness (QED) is 0.171. The van der Waals surface area contributed by atoms with E-state index < -0.39 is 11.7 Å². The minimum Gasteiger partial charge on any atom is -0.491 e. The molecule has 9 nitrogen and oxygen atoms in total. The van der Waals surface area contributed by atoms with Gasteiger partial charge in [0.2, 0.25) is 0 Å². The van der Waals surface area contributed by atoms with Gasteiger partial charge in [0.05, 0.1) is 24.2 Å². The van der Waals surface area contributed by atoms with Crippen LogP contribution in [0.3, 0.4) is 0 Å². The second kappa shape index (κ2) is 11.1. The Morgan fingerprint density at radius 1 is 1.27 bits per heavy atom. The average Bonchev–Trinajstić information content (AvgIpc) is 2.73. The van der Waals surface area contributed by atoms with Crippen LogP contribution >= 0.6 is 0 Å². The SMILES string of the molecule is CCCCOc1c(CNC(=O)OC(C)(C)C)n(CC(C)C)c(=O)c2ccc(C(N)=NO)cc12. The van der Waals surface area contributed by atoms with Gasteiger partial charge in [-0.1, -0.05) is 38.4 Å². The molecule has 0 bridgehead atoms. The van der Waals surface area contributed by atoms with Gasteiger partial charge in [-0.2, -0.15) is 0 Å². The van der Waals surface area contributed by atoms with Crippen molar-refractivity contribution < 1.29 is 19.5 Å². The van der Waals surface area contributed by atoms with E-state index in [9.17, 15) is 9.59 Å². The molecule has 0 aliphatic rings. The molecule has 0 atom stereocenters. The Hall–Kier alpha value is -3.23. The molecule has 1 aromatic carbocycles. The van der Waals surface area contributed by atoms with Gasteiger partial charge in [0, 0.05) is 17.5 Å². The van der Waals surface area contributed by atoms with Crippen LogP contribution in [-0.4, -0.2) is 33.9 Å². The van der Waals surface area contributed by atoms with Crippen molar-refractivity contribution in [3.05, 3.63) is 39.8 Å². The number of nitrogens with two attached hydrogens (primary N) is 1. The first-order valence-electron chi connectivity index (χ1n) is 11.3. The van der Waals surface area contributed by atoms with Crippen molar-refractivity contribution in [2.24, 2.45) is 16.8 Å². The van der Waals surface area contributed by atoms with Gasteiger partial charge in [-0.3, -0.25) is 4.79 Å². The van der Waals surface area contributed by atoms with Crippen LogP contribution in [0.5, 0.6) is 5.75 Å². The van der Waals surface area contributed by atoms with Crippen LogP contribution in [0, 0.1) is 5.92 Å². The molecule has 0 aliphatic carbocycles. The summed E-state index contributed by atoms with van der Waals surface area (Å²) in [6.07, 6.45) is 1.17. The fraction of sp³-hybridized carbons (Fsp3) is 0.542. The van der Waals surface area contributed by atoms with Crippen LogP contribution in [0.25, 0.3) is 10.8 Å². The predicted octanol–water partition coefficient (Wildman–Crippen LogP) is 3.96. The molecule has 0 aliphatic heterocycles. The Balaban J connectivity index is 2.70. The predicted molar refractivity (Wildman–Crippen MR) is 129 cm³/mol. The number of fused-ring (bicyclic) bond motifs is 1. The van der Waals surface area contributed by atoms with Crippen molar-refractivity contribution >= 4 is 22.7 Å². The third-order valence-corrected chi connectivity index (χ3v) is 4.82. The summed E-state index contributed by atoms with van der Waals surface area (Å²) in [6, 6.07) is 4.95. The smallest absolute Gasteiger partial charge is 0.407 e. The summed E-state index contributed by atoms with van der Waals surface area (Å²) in [6.45, 7) is 12.4. The lowest BCUT2D eigenvalue weighted by atomic mass is 10.0. The number of benzene rings is 1. The van der Waals surface area contributed by atoms with Crippen LogP contribution in [0.2, 0.25) is 0 Å². The number of amides is 1. The number of ether oxygens (including phenoxy) is 2. The van der Waals surface area contributed by atoms with E-state index in [1.54, 1.807) is 43.5 Å². The monoisotopic (exact) mass is 460 g/mol. The van der Waals surface area contributed by atoms with E-state index in [0.717, 1.165) is 12.8 Å². The van der Waals surface area contributed by atoms with E-state index in [0.29, 0.717) is 40.9 Å². The lowest BCUT2D eigenvalue weighted by molar-refractivity contribution is 0.0521. The van der Waals surface area contributed by atoms with E-state index in [1.807, 2.05) is 13.8 Å². The maximum absolute atomic E-state index is 13.4. The average molecular weight is 461 g/mol. The van der Waals surface area contributed by atoms with E-state index in [2.05, 4.69) is 17.4 Å². The number of hydrogen-bond acceptors (Lipinski definition) is 6. The third kappa shape index (κ3) is 6.87. The van der Waals surface area contributed by atoms with Crippen molar-refractivity contribution in [1.29, 1.82) is 0 Å². The van der Waals surface area contributed by atoms with Crippen LogP contribution in [0.1, 0.15) is 65.6 Å².